The van der Waals surface area contributed by atoms with Crippen molar-refractivity contribution < 1.29 is 19.4 Å². The molecule has 0 unspecified atom stereocenters. The van der Waals surface area contributed by atoms with Crippen LogP contribution < -0.4 is 9.64 Å². The first-order valence-electron chi connectivity index (χ1n) is 11.1. The normalized spacial score (nSPS) is 11.1. The van der Waals surface area contributed by atoms with E-state index >= 15 is 0 Å². The lowest BCUT2D eigenvalue weighted by Gasteiger charge is -2.14. The van der Waals surface area contributed by atoms with Gasteiger partial charge in [0.2, 0.25) is 0 Å². The SMILES string of the molecule is COCCCn1c(-c2ccc(N(C)C)cc2)nc2ccc(OCCCCCC(=O)O)cc21. The van der Waals surface area contributed by atoms with Crippen LogP contribution in [0, 0.1) is 0 Å². The molecule has 0 saturated carbocycles. The predicted octanol–water partition coefficient (Wildman–Crippen LogP) is 4.83. The average Bonchev–Trinajstić information content (AvgIpc) is 3.14. The Hall–Kier alpha value is -3.06. The quantitative estimate of drug-likeness (QED) is 0.385. The number of imidazole rings is 1. The van der Waals surface area contributed by atoms with E-state index in [2.05, 4.69) is 33.7 Å². The molecule has 2 aromatic carbocycles. The zero-order valence-corrected chi connectivity index (χ0v) is 19.2. The van der Waals surface area contributed by atoms with E-state index in [1.54, 1.807) is 7.11 Å². The van der Waals surface area contributed by atoms with Crippen molar-refractivity contribution in [3.8, 4) is 17.1 Å². The highest BCUT2D eigenvalue weighted by molar-refractivity contribution is 5.82. The van der Waals surface area contributed by atoms with Crippen molar-refractivity contribution >= 4 is 22.7 Å². The molecule has 0 amide bonds. The molecule has 0 atom stereocenters. The Kier molecular flexibility index (Phi) is 8.50. The molecule has 7 heteroatoms. The zero-order valence-electron chi connectivity index (χ0n) is 19.2. The van der Waals surface area contributed by atoms with Crippen molar-refractivity contribution in [2.75, 3.05) is 39.3 Å². The maximum atomic E-state index is 10.6. The number of ether oxygens (including phenoxy) is 2. The Morgan fingerprint density at radius 1 is 1.03 bits per heavy atom. The Balaban J connectivity index is 1.79. The number of hydrogen-bond donors (Lipinski definition) is 1. The van der Waals surface area contributed by atoms with Gasteiger partial charge in [-0.2, -0.15) is 0 Å². The summed E-state index contributed by atoms with van der Waals surface area (Å²) in [7, 11) is 5.78. The highest BCUT2D eigenvalue weighted by Crippen LogP contribution is 2.29. The van der Waals surface area contributed by atoms with Crippen LogP contribution in [0.15, 0.2) is 42.5 Å². The molecule has 1 aromatic heterocycles. The third-order valence-corrected chi connectivity index (χ3v) is 5.40. The Morgan fingerprint density at radius 2 is 1.81 bits per heavy atom. The number of nitrogens with zero attached hydrogens (tertiary/aromatic N) is 3. The number of aryl methyl sites for hydroxylation is 1. The van der Waals surface area contributed by atoms with Gasteiger partial charge in [-0.25, -0.2) is 4.98 Å². The number of methoxy groups -OCH3 is 1. The number of unbranched alkanes of at least 4 members (excludes halogenated alkanes) is 2. The third kappa shape index (κ3) is 6.23. The van der Waals surface area contributed by atoms with Gasteiger partial charge in [0.1, 0.15) is 11.6 Å². The van der Waals surface area contributed by atoms with Crippen LogP contribution >= 0.6 is 0 Å². The fourth-order valence-electron chi connectivity index (χ4n) is 3.66. The highest BCUT2D eigenvalue weighted by atomic mass is 16.5. The molecular weight excluding hydrogens is 406 g/mol. The third-order valence-electron chi connectivity index (χ3n) is 5.40. The fraction of sp³-hybridized carbons (Fsp3) is 0.440. The average molecular weight is 440 g/mol. The molecule has 3 rings (SSSR count). The summed E-state index contributed by atoms with van der Waals surface area (Å²) in [6.07, 6.45) is 3.46. The summed E-state index contributed by atoms with van der Waals surface area (Å²) in [4.78, 5) is 17.6. The van der Waals surface area contributed by atoms with Crippen LogP contribution in [0.2, 0.25) is 0 Å². The number of carboxylic acid groups (broad SMARTS) is 1. The van der Waals surface area contributed by atoms with Gasteiger partial charge >= 0.3 is 5.97 Å². The molecule has 0 aliphatic carbocycles. The molecule has 1 heterocycles. The standard InChI is InChI=1S/C25H33N3O4/c1-27(2)20-11-9-19(10-12-20)25-26-22-14-13-21(32-17-6-4-5-8-24(29)30)18-23(22)28(25)15-7-16-31-3/h9-14,18H,4-8,15-17H2,1-3H3,(H,29,30). The van der Waals surface area contributed by atoms with Crippen molar-refractivity contribution in [1.29, 1.82) is 0 Å². The second-order valence-corrected chi connectivity index (χ2v) is 8.08. The van der Waals surface area contributed by atoms with E-state index in [1.807, 2.05) is 32.3 Å². The van der Waals surface area contributed by atoms with Gasteiger partial charge in [-0.1, -0.05) is 0 Å². The first kappa shape index (κ1) is 23.6. The van der Waals surface area contributed by atoms with Gasteiger partial charge in [-0.15, -0.1) is 0 Å². The van der Waals surface area contributed by atoms with Gasteiger partial charge in [-0.3, -0.25) is 4.79 Å². The van der Waals surface area contributed by atoms with Crippen molar-refractivity contribution in [3.63, 3.8) is 0 Å². The maximum Gasteiger partial charge on any atom is 0.303 e. The summed E-state index contributed by atoms with van der Waals surface area (Å²) in [5.74, 6) is 0.996. The van der Waals surface area contributed by atoms with Crippen LogP contribution in [0.1, 0.15) is 32.1 Å². The summed E-state index contributed by atoms with van der Waals surface area (Å²) >= 11 is 0. The van der Waals surface area contributed by atoms with Crippen LogP contribution in [-0.4, -0.2) is 55.0 Å². The van der Waals surface area contributed by atoms with E-state index in [9.17, 15) is 4.79 Å². The number of aromatic nitrogens is 2. The van der Waals surface area contributed by atoms with Gasteiger partial charge in [0.05, 0.1) is 17.6 Å². The Morgan fingerprint density at radius 3 is 2.50 bits per heavy atom. The van der Waals surface area contributed by atoms with Gasteiger partial charge < -0.3 is 24.0 Å². The molecular formula is C25H33N3O4. The Labute approximate surface area is 189 Å². The molecule has 0 aliphatic heterocycles. The lowest BCUT2D eigenvalue weighted by atomic mass is 10.2. The second kappa shape index (κ2) is 11.5. The Bertz CT molecular complexity index is 1010. The first-order chi connectivity index (χ1) is 15.5. The highest BCUT2D eigenvalue weighted by Gasteiger charge is 2.14. The number of carboxylic acids is 1. The number of rotatable bonds is 13. The number of fused-ring (bicyclic) bond motifs is 1. The molecule has 32 heavy (non-hydrogen) atoms. The van der Waals surface area contributed by atoms with Crippen molar-refractivity contribution in [2.24, 2.45) is 0 Å². The number of benzene rings is 2. The fourth-order valence-corrected chi connectivity index (χ4v) is 3.66. The number of carbonyl (C=O) groups is 1. The van der Waals surface area contributed by atoms with E-state index in [1.165, 1.54) is 0 Å². The van der Waals surface area contributed by atoms with E-state index < -0.39 is 5.97 Å². The smallest absolute Gasteiger partial charge is 0.303 e. The minimum absolute atomic E-state index is 0.213. The molecule has 1 N–H and O–H groups in total. The monoisotopic (exact) mass is 439 g/mol. The topological polar surface area (TPSA) is 76.8 Å². The summed E-state index contributed by atoms with van der Waals surface area (Å²) in [5.41, 5.74) is 4.19. The molecule has 0 aliphatic rings. The minimum Gasteiger partial charge on any atom is -0.494 e. The zero-order chi connectivity index (χ0) is 22.9. The lowest BCUT2D eigenvalue weighted by Crippen LogP contribution is -2.08. The molecule has 0 fully saturated rings. The number of aliphatic carboxylic acids is 1. The van der Waals surface area contributed by atoms with Crippen LogP contribution in [0.4, 0.5) is 5.69 Å². The van der Waals surface area contributed by atoms with E-state index in [4.69, 9.17) is 19.6 Å². The van der Waals surface area contributed by atoms with Crippen LogP contribution in [0.25, 0.3) is 22.4 Å². The van der Waals surface area contributed by atoms with Gasteiger partial charge in [-0.05, 0) is 62.1 Å². The van der Waals surface area contributed by atoms with E-state index in [0.29, 0.717) is 19.6 Å². The molecule has 0 bridgehead atoms. The molecule has 172 valence electrons. The largest absolute Gasteiger partial charge is 0.494 e. The van der Waals surface area contributed by atoms with E-state index in [0.717, 1.165) is 59.7 Å². The van der Waals surface area contributed by atoms with Crippen molar-refractivity contribution in [1.82, 2.24) is 9.55 Å². The minimum atomic E-state index is -0.745. The van der Waals surface area contributed by atoms with Crippen molar-refractivity contribution in [3.05, 3.63) is 42.5 Å². The maximum absolute atomic E-state index is 10.6. The molecule has 3 aromatic rings. The molecule has 0 spiro atoms. The van der Waals surface area contributed by atoms with Crippen LogP contribution in [0.3, 0.4) is 0 Å². The second-order valence-electron chi connectivity index (χ2n) is 8.08. The van der Waals surface area contributed by atoms with Crippen molar-refractivity contribution in [2.45, 2.75) is 38.6 Å². The summed E-state index contributed by atoms with van der Waals surface area (Å²) in [6, 6.07) is 14.4. The van der Waals surface area contributed by atoms with Crippen LogP contribution in [0.5, 0.6) is 5.75 Å². The molecule has 0 saturated heterocycles. The van der Waals surface area contributed by atoms with Gasteiger partial charge in [0.25, 0.3) is 0 Å². The number of anilines is 1. The summed E-state index contributed by atoms with van der Waals surface area (Å²) < 4.78 is 13.4. The summed E-state index contributed by atoms with van der Waals surface area (Å²) in [5, 5.41) is 8.72. The molecule has 0 radical (unpaired) electrons. The number of hydrogen-bond acceptors (Lipinski definition) is 5. The lowest BCUT2D eigenvalue weighted by molar-refractivity contribution is -0.137. The molecule has 7 nitrogen and oxygen atoms in total. The summed E-state index contributed by atoms with van der Waals surface area (Å²) in [6.45, 7) is 2.06. The van der Waals surface area contributed by atoms with Gasteiger partial charge in [0.15, 0.2) is 0 Å². The van der Waals surface area contributed by atoms with E-state index in [-0.39, 0.29) is 6.42 Å². The predicted molar refractivity (Wildman–Crippen MR) is 128 cm³/mol. The van der Waals surface area contributed by atoms with Gasteiger partial charge in [0, 0.05) is 58.1 Å². The first-order valence-corrected chi connectivity index (χ1v) is 11.1. The van der Waals surface area contributed by atoms with Crippen LogP contribution in [-0.2, 0) is 16.1 Å².